The van der Waals surface area contributed by atoms with Gasteiger partial charge < -0.3 is 9.55 Å². The zero-order chi connectivity index (χ0) is 13.4. The number of nitrogens with zero attached hydrogens (tertiary/aromatic N) is 2. The van der Waals surface area contributed by atoms with E-state index in [1.54, 1.807) is 11.3 Å². The van der Waals surface area contributed by atoms with Gasteiger partial charge in [0.15, 0.2) is 4.77 Å². The first kappa shape index (κ1) is 12.6. The van der Waals surface area contributed by atoms with Crippen molar-refractivity contribution in [1.82, 2.24) is 14.5 Å². The summed E-state index contributed by atoms with van der Waals surface area (Å²) in [6.07, 6.45) is 3.00. The highest BCUT2D eigenvalue weighted by molar-refractivity contribution is 7.71. The number of hydrogen-bond acceptors (Lipinski definition) is 3. The Bertz CT molecular complexity index is 779. The predicted octanol–water partition coefficient (Wildman–Crippen LogP) is 4.07. The van der Waals surface area contributed by atoms with Crippen molar-refractivity contribution in [2.24, 2.45) is 0 Å². The van der Waals surface area contributed by atoms with Crippen molar-refractivity contribution in [2.75, 3.05) is 0 Å². The van der Waals surface area contributed by atoms with Crippen LogP contribution in [0.5, 0.6) is 0 Å². The molecule has 0 aliphatic heterocycles. The highest BCUT2D eigenvalue weighted by Gasteiger charge is 2.07. The van der Waals surface area contributed by atoms with E-state index in [2.05, 4.69) is 46.6 Å². The molecule has 0 atom stereocenters. The molecule has 0 aliphatic carbocycles. The molecule has 0 amide bonds. The predicted molar refractivity (Wildman–Crippen MR) is 82.5 cm³/mol. The van der Waals surface area contributed by atoms with Crippen LogP contribution in [0.4, 0.5) is 0 Å². The van der Waals surface area contributed by atoms with Crippen LogP contribution in [-0.2, 0) is 13.0 Å². The molecule has 98 valence electrons. The molecular formula is C14H15N3S2. The molecule has 1 N–H and O–H groups in total. The van der Waals surface area contributed by atoms with Gasteiger partial charge >= 0.3 is 0 Å². The van der Waals surface area contributed by atoms with Crippen molar-refractivity contribution in [3.05, 3.63) is 44.6 Å². The maximum absolute atomic E-state index is 5.41. The summed E-state index contributed by atoms with van der Waals surface area (Å²) < 4.78 is 2.87. The Balaban J connectivity index is 2.05. The van der Waals surface area contributed by atoms with Crippen LogP contribution in [0.1, 0.15) is 22.4 Å². The largest absolute Gasteiger partial charge is 0.331 e. The topological polar surface area (TPSA) is 33.6 Å². The van der Waals surface area contributed by atoms with E-state index in [0.717, 1.165) is 33.8 Å². The molecule has 0 unspecified atom stereocenters. The number of aromatic nitrogens is 3. The number of rotatable bonds is 3. The second-order valence-electron chi connectivity index (χ2n) is 4.61. The van der Waals surface area contributed by atoms with Crippen LogP contribution in [0.15, 0.2) is 24.4 Å². The summed E-state index contributed by atoms with van der Waals surface area (Å²) in [6, 6.07) is 6.35. The molecule has 0 saturated carbocycles. The molecule has 0 saturated heterocycles. The van der Waals surface area contributed by atoms with Crippen LogP contribution < -0.4 is 0 Å². The number of thiazole rings is 1. The van der Waals surface area contributed by atoms with Crippen LogP contribution >= 0.6 is 23.6 Å². The number of imidazole rings is 1. The maximum Gasteiger partial charge on any atom is 0.178 e. The van der Waals surface area contributed by atoms with E-state index < -0.39 is 0 Å². The Morgan fingerprint density at radius 3 is 3.00 bits per heavy atom. The lowest BCUT2D eigenvalue weighted by molar-refractivity contribution is 0.803. The molecule has 2 aromatic heterocycles. The van der Waals surface area contributed by atoms with Crippen LogP contribution in [0.3, 0.4) is 0 Å². The van der Waals surface area contributed by atoms with Crippen molar-refractivity contribution in [2.45, 2.75) is 26.8 Å². The third-order valence-corrected chi connectivity index (χ3v) is 4.62. The average molecular weight is 289 g/mol. The highest BCUT2D eigenvalue weighted by atomic mass is 32.1. The molecule has 5 heteroatoms. The molecule has 3 aromatic rings. The van der Waals surface area contributed by atoms with Crippen LogP contribution in [0, 0.1) is 11.7 Å². The Kier molecular flexibility index (Phi) is 3.24. The smallest absolute Gasteiger partial charge is 0.178 e. The Labute approximate surface area is 120 Å². The minimum Gasteiger partial charge on any atom is -0.331 e. The molecular weight excluding hydrogens is 274 g/mol. The molecule has 19 heavy (non-hydrogen) atoms. The summed E-state index contributed by atoms with van der Waals surface area (Å²) >= 11 is 7.17. The molecule has 0 bridgehead atoms. The Hall–Kier alpha value is -1.46. The van der Waals surface area contributed by atoms with Crippen LogP contribution in [-0.4, -0.2) is 14.5 Å². The fourth-order valence-electron chi connectivity index (χ4n) is 2.15. The first-order valence-electron chi connectivity index (χ1n) is 6.30. The quantitative estimate of drug-likeness (QED) is 0.737. The zero-order valence-corrected chi connectivity index (χ0v) is 12.6. The molecule has 2 heterocycles. The second kappa shape index (κ2) is 4.90. The summed E-state index contributed by atoms with van der Waals surface area (Å²) in [5.41, 5.74) is 3.47. The number of hydrogen-bond donors (Lipinski definition) is 1. The lowest BCUT2D eigenvalue weighted by atomic mass is 10.2. The maximum atomic E-state index is 5.41. The lowest BCUT2D eigenvalue weighted by Gasteiger charge is -2.01. The first-order valence-corrected chi connectivity index (χ1v) is 7.52. The van der Waals surface area contributed by atoms with Gasteiger partial charge in [-0.3, -0.25) is 0 Å². The Morgan fingerprint density at radius 2 is 2.26 bits per heavy atom. The molecule has 1 aromatic carbocycles. The third-order valence-electron chi connectivity index (χ3n) is 3.17. The van der Waals surface area contributed by atoms with E-state index in [1.165, 1.54) is 10.4 Å². The highest BCUT2D eigenvalue weighted by Crippen LogP contribution is 2.20. The van der Waals surface area contributed by atoms with Crippen molar-refractivity contribution >= 4 is 34.6 Å². The van der Waals surface area contributed by atoms with Gasteiger partial charge in [-0.2, -0.15) is 0 Å². The number of nitrogens with one attached hydrogen (secondary N) is 1. The average Bonchev–Trinajstić information content (AvgIpc) is 2.95. The molecule has 3 nitrogen and oxygen atoms in total. The summed E-state index contributed by atoms with van der Waals surface area (Å²) in [4.78, 5) is 9.05. The number of aromatic amines is 1. The van der Waals surface area contributed by atoms with E-state index in [4.69, 9.17) is 12.2 Å². The molecule has 0 spiro atoms. The first-order chi connectivity index (χ1) is 9.17. The minimum absolute atomic E-state index is 0.743. The van der Waals surface area contributed by atoms with Crippen LogP contribution in [0.25, 0.3) is 11.0 Å². The standard InChI is InChI=1S/C14H15N3S2/c1-3-10-7-15-13(19-10)8-17-12-5-4-9(2)6-11(12)16-14(17)18/h4-7H,3,8H2,1-2H3,(H,16,18). The van der Waals surface area contributed by atoms with Crippen molar-refractivity contribution in [3.63, 3.8) is 0 Å². The number of fused-ring (bicyclic) bond motifs is 1. The van der Waals surface area contributed by atoms with Crippen molar-refractivity contribution < 1.29 is 0 Å². The minimum atomic E-state index is 0.743. The van der Waals surface area contributed by atoms with Gasteiger partial charge in [-0.05, 0) is 43.3 Å². The summed E-state index contributed by atoms with van der Waals surface area (Å²) in [7, 11) is 0. The summed E-state index contributed by atoms with van der Waals surface area (Å²) in [5, 5.41) is 1.11. The monoisotopic (exact) mass is 289 g/mol. The molecule has 0 fully saturated rings. The normalized spacial score (nSPS) is 11.3. The van der Waals surface area contributed by atoms with E-state index >= 15 is 0 Å². The van der Waals surface area contributed by atoms with Crippen LogP contribution in [0.2, 0.25) is 0 Å². The zero-order valence-electron chi connectivity index (χ0n) is 10.9. The van der Waals surface area contributed by atoms with Crippen molar-refractivity contribution in [1.29, 1.82) is 0 Å². The van der Waals surface area contributed by atoms with E-state index in [0.29, 0.717) is 0 Å². The van der Waals surface area contributed by atoms with Gasteiger partial charge in [-0.1, -0.05) is 13.0 Å². The fourth-order valence-corrected chi connectivity index (χ4v) is 3.28. The lowest BCUT2D eigenvalue weighted by Crippen LogP contribution is -1.98. The van der Waals surface area contributed by atoms with E-state index in [1.807, 2.05) is 6.20 Å². The fraction of sp³-hybridized carbons (Fsp3) is 0.286. The summed E-state index contributed by atoms with van der Waals surface area (Å²) in [5.74, 6) is 0. The van der Waals surface area contributed by atoms with Gasteiger partial charge in [0.25, 0.3) is 0 Å². The van der Waals surface area contributed by atoms with Gasteiger partial charge in [-0.15, -0.1) is 11.3 Å². The molecule has 3 rings (SSSR count). The SMILES string of the molecule is CCc1cnc(Cn2c(=S)[nH]c3cc(C)ccc32)s1. The molecule has 0 radical (unpaired) electrons. The molecule has 0 aliphatic rings. The number of benzene rings is 1. The Morgan fingerprint density at radius 1 is 1.42 bits per heavy atom. The second-order valence-corrected chi connectivity index (χ2v) is 6.20. The third kappa shape index (κ3) is 2.35. The van der Waals surface area contributed by atoms with E-state index in [9.17, 15) is 0 Å². The van der Waals surface area contributed by atoms with Gasteiger partial charge in [-0.25, -0.2) is 4.98 Å². The summed E-state index contributed by atoms with van der Waals surface area (Å²) in [6.45, 7) is 4.98. The van der Waals surface area contributed by atoms with E-state index in [-0.39, 0.29) is 0 Å². The van der Waals surface area contributed by atoms with Gasteiger partial charge in [0.05, 0.1) is 17.6 Å². The van der Waals surface area contributed by atoms with Gasteiger partial charge in [0.2, 0.25) is 0 Å². The van der Waals surface area contributed by atoms with Gasteiger partial charge in [0, 0.05) is 11.1 Å². The van der Waals surface area contributed by atoms with Gasteiger partial charge in [0.1, 0.15) is 5.01 Å². The number of aryl methyl sites for hydroxylation is 2. The number of H-pyrrole nitrogens is 1. The van der Waals surface area contributed by atoms with Crippen molar-refractivity contribution in [3.8, 4) is 0 Å².